The molecule has 4 aromatic rings. The molecule has 3 aromatic carbocycles. The van der Waals surface area contributed by atoms with E-state index >= 15 is 0 Å². The molecule has 8 heteroatoms. The van der Waals surface area contributed by atoms with Crippen LogP contribution in [0.15, 0.2) is 72.8 Å². The van der Waals surface area contributed by atoms with E-state index in [2.05, 4.69) is 33.7 Å². The van der Waals surface area contributed by atoms with Gasteiger partial charge in [0, 0.05) is 7.05 Å². The van der Waals surface area contributed by atoms with Crippen molar-refractivity contribution in [2.75, 3.05) is 6.61 Å². The predicted molar refractivity (Wildman–Crippen MR) is 127 cm³/mol. The lowest BCUT2D eigenvalue weighted by atomic mass is 9.95. The van der Waals surface area contributed by atoms with E-state index in [0.717, 1.165) is 28.0 Å². The molecule has 4 rings (SSSR count). The Hall–Kier alpha value is -4.20. The first-order valence-electron chi connectivity index (χ1n) is 11.0. The maximum absolute atomic E-state index is 11.4. The summed E-state index contributed by atoms with van der Waals surface area (Å²) in [5.41, 5.74) is 4.06. The fourth-order valence-electron chi connectivity index (χ4n) is 3.75. The number of benzene rings is 3. The van der Waals surface area contributed by atoms with Gasteiger partial charge in [0.15, 0.2) is 5.82 Å². The number of nitrogens with zero attached hydrogens (tertiary/aromatic N) is 4. The minimum Gasteiger partial charge on any atom is -0.494 e. The second-order valence-corrected chi connectivity index (χ2v) is 7.83. The summed E-state index contributed by atoms with van der Waals surface area (Å²) in [5.74, 6) is 0.698. The van der Waals surface area contributed by atoms with E-state index in [1.165, 1.54) is 4.68 Å². The first-order valence-corrected chi connectivity index (χ1v) is 11.0. The molecule has 1 atom stereocenters. The molecule has 0 bridgehead atoms. The number of hydrogen-bond acceptors (Lipinski definition) is 6. The number of rotatable bonds is 10. The first kappa shape index (κ1) is 23.0. The normalized spacial score (nSPS) is 11.7. The van der Waals surface area contributed by atoms with Gasteiger partial charge < -0.3 is 14.6 Å². The third kappa shape index (κ3) is 5.58. The van der Waals surface area contributed by atoms with Gasteiger partial charge in [-0.2, -0.15) is 0 Å². The van der Waals surface area contributed by atoms with Crippen LogP contribution in [0.5, 0.6) is 11.5 Å². The third-order valence-corrected chi connectivity index (χ3v) is 5.46. The Kier molecular flexibility index (Phi) is 7.17. The number of hydrogen-bond donors (Lipinski definition) is 1. The average Bonchev–Trinajstić information content (AvgIpc) is 3.28. The molecule has 0 fully saturated rings. The van der Waals surface area contributed by atoms with Crippen molar-refractivity contribution in [2.24, 2.45) is 7.05 Å². The van der Waals surface area contributed by atoms with E-state index < -0.39 is 11.9 Å². The number of tetrazole rings is 1. The minimum atomic E-state index is -0.915. The third-order valence-electron chi connectivity index (χ3n) is 5.46. The monoisotopic (exact) mass is 458 g/mol. The van der Waals surface area contributed by atoms with Crippen LogP contribution in [0, 0.1) is 0 Å². The molecular weight excluding hydrogens is 432 g/mol. The smallest absolute Gasteiger partial charge is 0.304 e. The molecular formula is C26H26N4O4. The van der Waals surface area contributed by atoms with E-state index in [9.17, 15) is 9.90 Å². The highest BCUT2D eigenvalue weighted by Crippen LogP contribution is 2.28. The van der Waals surface area contributed by atoms with Crippen LogP contribution in [-0.4, -0.2) is 37.9 Å². The molecule has 1 heterocycles. The molecule has 0 spiro atoms. The largest absolute Gasteiger partial charge is 0.494 e. The van der Waals surface area contributed by atoms with Gasteiger partial charge in [-0.15, -0.1) is 5.10 Å². The Balaban J connectivity index is 1.41. The zero-order valence-electron chi connectivity index (χ0n) is 19.1. The van der Waals surface area contributed by atoms with Crippen LogP contribution in [0.25, 0.3) is 11.1 Å². The summed E-state index contributed by atoms with van der Waals surface area (Å²) >= 11 is 0. The van der Waals surface area contributed by atoms with E-state index in [4.69, 9.17) is 9.47 Å². The van der Waals surface area contributed by atoms with Crippen LogP contribution in [0.4, 0.5) is 0 Å². The van der Waals surface area contributed by atoms with E-state index in [-0.39, 0.29) is 6.42 Å². The molecule has 174 valence electrons. The molecule has 34 heavy (non-hydrogen) atoms. The van der Waals surface area contributed by atoms with Gasteiger partial charge >= 0.3 is 5.97 Å². The highest BCUT2D eigenvalue weighted by molar-refractivity contribution is 5.68. The quantitative estimate of drug-likeness (QED) is 0.374. The SMILES string of the molecule is CCOc1cccc(-c2ccc(COc3ccc([C@H](CC(=O)O)c4nnnn4C)cc3)cc2)c1. The lowest BCUT2D eigenvalue weighted by Gasteiger charge is -2.14. The van der Waals surface area contributed by atoms with Crippen LogP contribution in [0.1, 0.15) is 36.2 Å². The zero-order valence-corrected chi connectivity index (χ0v) is 19.1. The number of aromatic nitrogens is 4. The summed E-state index contributed by atoms with van der Waals surface area (Å²) < 4.78 is 13.0. The number of aryl methyl sites for hydroxylation is 1. The van der Waals surface area contributed by atoms with E-state index in [0.29, 0.717) is 24.8 Å². The van der Waals surface area contributed by atoms with Gasteiger partial charge in [-0.25, -0.2) is 4.68 Å². The summed E-state index contributed by atoms with van der Waals surface area (Å²) in [6.07, 6.45) is -0.103. The number of carbonyl (C=O) groups is 1. The molecule has 0 saturated heterocycles. The van der Waals surface area contributed by atoms with Crippen molar-refractivity contribution < 1.29 is 19.4 Å². The zero-order chi connectivity index (χ0) is 23.9. The van der Waals surface area contributed by atoms with E-state index in [1.807, 2.05) is 61.5 Å². The van der Waals surface area contributed by atoms with Crippen LogP contribution in [-0.2, 0) is 18.4 Å². The Morgan fingerprint density at radius 1 is 0.971 bits per heavy atom. The maximum atomic E-state index is 11.4. The summed E-state index contributed by atoms with van der Waals surface area (Å²) in [4.78, 5) is 11.4. The van der Waals surface area contributed by atoms with Crippen LogP contribution in [0.2, 0.25) is 0 Å². The van der Waals surface area contributed by atoms with Gasteiger partial charge in [-0.05, 0) is 63.9 Å². The van der Waals surface area contributed by atoms with Crippen molar-refractivity contribution in [1.29, 1.82) is 0 Å². The molecule has 0 aliphatic carbocycles. The average molecular weight is 459 g/mol. The van der Waals surface area contributed by atoms with Crippen molar-refractivity contribution in [3.05, 3.63) is 89.7 Å². The van der Waals surface area contributed by atoms with Crippen molar-refractivity contribution >= 4 is 5.97 Å². The Morgan fingerprint density at radius 2 is 1.74 bits per heavy atom. The molecule has 0 aliphatic rings. The van der Waals surface area contributed by atoms with Gasteiger partial charge in [0.05, 0.1) is 18.9 Å². The fraction of sp³-hybridized carbons (Fsp3) is 0.231. The molecule has 0 aliphatic heterocycles. The minimum absolute atomic E-state index is 0.103. The highest BCUT2D eigenvalue weighted by atomic mass is 16.5. The second kappa shape index (κ2) is 10.6. The van der Waals surface area contributed by atoms with Crippen molar-refractivity contribution in [3.63, 3.8) is 0 Å². The van der Waals surface area contributed by atoms with Crippen LogP contribution < -0.4 is 9.47 Å². The standard InChI is InChI=1S/C26H26N4O4/c1-3-33-23-6-4-5-21(15-23)19-9-7-18(8-10-19)17-34-22-13-11-20(12-14-22)24(16-25(31)32)26-27-28-29-30(26)2/h4-15,24H,3,16-17H2,1-2H3,(H,31,32)/t24-/m0/s1. The Labute approximate surface area is 197 Å². The van der Waals surface area contributed by atoms with Gasteiger partial charge in [-0.1, -0.05) is 48.5 Å². The predicted octanol–water partition coefficient (Wildman–Crippen LogP) is 4.46. The lowest BCUT2D eigenvalue weighted by Crippen LogP contribution is -2.13. The van der Waals surface area contributed by atoms with Crippen LogP contribution >= 0.6 is 0 Å². The summed E-state index contributed by atoms with van der Waals surface area (Å²) in [6.45, 7) is 3.03. The number of ether oxygens (including phenoxy) is 2. The summed E-state index contributed by atoms with van der Waals surface area (Å²) in [6, 6.07) is 23.6. The Morgan fingerprint density at radius 3 is 2.38 bits per heavy atom. The molecule has 0 unspecified atom stereocenters. The molecule has 0 saturated carbocycles. The van der Waals surface area contributed by atoms with Crippen LogP contribution in [0.3, 0.4) is 0 Å². The Bertz CT molecular complexity index is 1240. The van der Waals surface area contributed by atoms with Crippen molar-refractivity contribution in [1.82, 2.24) is 20.2 Å². The maximum Gasteiger partial charge on any atom is 0.304 e. The molecule has 0 radical (unpaired) electrons. The fourth-order valence-corrected chi connectivity index (χ4v) is 3.75. The number of aliphatic carboxylic acids is 1. The summed E-state index contributed by atoms with van der Waals surface area (Å²) in [7, 11) is 1.70. The van der Waals surface area contributed by atoms with Gasteiger partial charge in [-0.3, -0.25) is 4.79 Å². The highest BCUT2D eigenvalue weighted by Gasteiger charge is 2.23. The molecule has 0 amide bonds. The first-order chi connectivity index (χ1) is 16.5. The topological polar surface area (TPSA) is 99.4 Å². The number of carboxylic acids is 1. The van der Waals surface area contributed by atoms with Gasteiger partial charge in [0.1, 0.15) is 18.1 Å². The molecule has 1 aromatic heterocycles. The van der Waals surface area contributed by atoms with Crippen molar-refractivity contribution in [2.45, 2.75) is 25.9 Å². The van der Waals surface area contributed by atoms with Gasteiger partial charge in [0.25, 0.3) is 0 Å². The molecule has 8 nitrogen and oxygen atoms in total. The summed E-state index contributed by atoms with van der Waals surface area (Å²) in [5, 5.41) is 20.8. The molecule has 1 N–H and O–H groups in total. The second-order valence-electron chi connectivity index (χ2n) is 7.83. The van der Waals surface area contributed by atoms with E-state index in [1.54, 1.807) is 7.05 Å². The van der Waals surface area contributed by atoms with Gasteiger partial charge in [0.2, 0.25) is 0 Å². The number of carboxylic acid groups (broad SMARTS) is 1. The lowest BCUT2D eigenvalue weighted by molar-refractivity contribution is -0.137. The van der Waals surface area contributed by atoms with Crippen molar-refractivity contribution in [3.8, 4) is 22.6 Å².